The molecular formula is C13H20N2S2. The third-order valence-corrected chi connectivity index (χ3v) is 6.50. The fourth-order valence-corrected chi connectivity index (χ4v) is 5.24. The summed E-state index contributed by atoms with van der Waals surface area (Å²) in [4.78, 5) is 4.26. The first-order valence-corrected chi connectivity index (χ1v) is 8.46. The summed E-state index contributed by atoms with van der Waals surface area (Å²) in [6.45, 7) is 3.14. The number of hydrogen-bond donors (Lipinski definition) is 1. The summed E-state index contributed by atoms with van der Waals surface area (Å²) < 4.78 is 0. The molecule has 3 heterocycles. The summed E-state index contributed by atoms with van der Waals surface area (Å²) in [7, 11) is 0. The Morgan fingerprint density at radius 3 is 3.18 bits per heavy atom. The Hall–Kier alpha value is -0.0300. The monoisotopic (exact) mass is 268 g/mol. The van der Waals surface area contributed by atoms with Gasteiger partial charge in [-0.15, -0.1) is 11.3 Å². The molecule has 0 aromatic carbocycles. The summed E-state index contributed by atoms with van der Waals surface area (Å²) in [6, 6.07) is 2.30. The number of fused-ring (bicyclic) bond motifs is 1. The van der Waals surface area contributed by atoms with Crippen LogP contribution >= 0.6 is 23.1 Å². The molecular weight excluding hydrogens is 248 g/mol. The van der Waals surface area contributed by atoms with Crippen LogP contribution in [-0.2, 0) is 13.0 Å². The minimum Gasteiger partial charge on any atom is -0.329 e. The lowest BCUT2D eigenvalue weighted by Gasteiger charge is -2.47. The van der Waals surface area contributed by atoms with Gasteiger partial charge in [0.15, 0.2) is 0 Å². The second-order valence-electron chi connectivity index (χ2n) is 5.13. The minimum absolute atomic E-state index is 0.280. The van der Waals surface area contributed by atoms with E-state index in [9.17, 15) is 0 Å². The fourth-order valence-electron chi connectivity index (χ4n) is 3.03. The van der Waals surface area contributed by atoms with E-state index in [0.29, 0.717) is 0 Å². The van der Waals surface area contributed by atoms with Gasteiger partial charge in [0, 0.05) is 35.8 Å². The van der Waals surface area contributed by atoms with E-state index in [1.165, 1.54) is 37.3 Å². The highest BCUT2D eigenvalue weighted by Crippen LogP contribution is 2.35. The summed E-state index contributed by atoms with van der Waals surface area (Å²) in [5, 5.41) is 2.24. The van der Waals surface area contributed by atoms with E-state index in [1.54, 1.807) is 10.4 Å². The normalized spacial score (nSPS) is 30.2. The van der Waals surface area contributed by atoms with Crippen LogP contribution in [0, 0.1) is 0 Å². The third-order valence-electron chi connectivity index (χ3n) is 4.16. The molecule has 2 nitrogen and oxygen atoms in total. The van der Waals surface area contributed by atoms with Crippen LogP contribution in [0.2, 0.25) is 0 Å². The van der Waals surface area contributed by atoms with Crippen molar-refractivity contribution >= 4 is 23.1 Å². The topological polar surface area (TPSA) is 29.3 Å². The largest absolute Gasteiger partial charge is 0.329 e. The molecule has 1 fully saturated rings. The number of hydrogen-bond acceptors (Lipinski definition) is 4. The predicted molar refractivity (Wildman–Crippen MR) is 76.8 cm³/mol. The predicted octanol–water partition coefficient (Wildman–Crippen LogP) is 2.33. The lowest BCUT2D eigenvalue weighted by atomic mass is 9.90. The van der Waals surface area contributed by atoms with Crippen LogP contribution in [0.25, 0.3) is 0 Å². The zero-order valence-corrected chi connectivity index (χ0v) is 11.8. The SMILES string of the molecule is NCC1(N2CCc3sccc3C2)CCCSC1. The summed E-state index contributed by atoms with van der Waals surface area (Å²) >= 11 is 4.00. The number of nitrogens with two attached hydrogens (primary N) is 1. The van der Waals surface area contributed by atoms with Crippen LogP contribution in [0.15, 0.2) is 11.4 Å². The number of thiophene rings is 1. The second kappa shape index (κ2) is 4.92. The van der Waals surface area contributed by atoms with Crippen LogP contribution in [-0.4, -0.2) is 35.0 Å². The average molecular weight is 268 g/mol. The quantitative estimate of drug-likeness (QED) is 0.892. The Bertz CT molecular complexity index is 383. The molecule has 3 rings (SSSR count). The Balaban J connectivity index is 1.80. The molecule has 1 unspecified atom stereocenters. The maximum Gasteiger partial charge on any atom is 0.0425 e. The maximum absolute atomic E-state index is 6.11. The van der Waals surface area contributed by atoms with Gasteiger partial charge in [-0.25, -0.2) is 0 Å². The molecule has 0 saturated carbocycles. The maximum atomic E-state index is 6.11. The van der Waals surface area contributed by atoms with Gasteiger partial charge in [0.2, 0.25) is 0 Å². The molecule has 2 aliphatic rings. The van der Waals surface area contributed by atoms with E-state index < -0.39 is 0 Å². The molecule has 17 heavy (non-hydrogen) atoms. The first-order valence-electron chi connectivity index (χ1n) is 6.42. The molecule has 1 aromatic rings. The van der Waals surface area contributed by atoms with Crippen molar-refractivity contribution < 1.29 is 0 Å². The van der Waals surface area contributed by atoms with Crippen LogP contribution in [0.1, 0.15) is 23.3 Å². The molecule has 0 bridgehead atoms. The standard InChI is InChI=1S/C13H20N2S2/c14-9-13(4-1-6-16-10-13)15-5-2-12-11(8-15)3-7-17-12/h3,7H,1-2,4-6,8-10,14H2. The molecule has 1 atom stereocenters. The van der Waals surface area contributed by atoms with Crippen molar-refractivity contribution in [2.45, 2.75) is 31.3 Å². The van der Waals surface area contributed by atoms with Gasteiger partial charge in [-0.2, -0.15) is 11.8 Å². The zero-order chi connectivity index (χ0) is 11.7. The molecule has 0 spiro atoms. The molecule has 2 N–H and O–H groups in total. The third kappa shape index (κ3) is 2.16. The molecule has 94 valence electrons. The molecule has 0 amide bonds. The van der Waals surface area contributed by atoms with Crippen molar-refractivity contribution in [2.75, 3.05) is 24.6 Å². The van der Waals surface area contributed by atoms with Gasteiger partial charge in [0.05, 0.1) is 0 Å². The summed E-state index contributed by atoms with van der Waals surface area (Å²) in [6.07, 6.45) is 3.84. The van der Waals surface area contributed by atoms with Crippen molar-refractivity contribution in [1.29, 1.82) is 0 Å². The Labute approximate surface area is 112 Å². The summed E-state index contributed by atoms with van der Waals surface area (Å²) in [5.41, 5.74) is 7.94. The molecule has 2 aliphatic heterocycles. The van der Waals surface area contributed by atoms with Gasteiger partial charge < -0.3 is 5.73 Å². The molecule has 4 heteroatoms. The fraction of sp³-hybridized carbons (Fsp3) is 0.692. The zero-order valence-electron chi connectivity index (χ0n) is 10.2. The molecule has 0 aliphatic carbocycles. The molecule has 0 radical (unpaired) electrons. The van der Waals surface area contributed by atoms with Crippen LogP contribution < -0.4 is 5.73 Å². The number of rotatable bonds is 2. The van der Waals surface area contributed by atoms with Crippen LogP contribution in [0.4, 0.5) is 0 Å². The van der Waals surface area contributed by atoms with Crippen molar-refractivity contribution in [1.82, 2.24) is 4.90 Å². The van der Waals surface area contributed by atoms with Crippen LogP contribution in [0.3, 0.4) is 0 Å². The highest BCUT2D eigenvalue weighted by atomic mass is 32.2. The van der Waals surface area contributed by atoms with Gasteiger partial charge >= 0.3 is 0 Å². The van der Waals surface area contributed by atoms with E-state index >= 15 is 0 Å². The van der Waals surface area contributed by atoms with E-state index in [2.05, 4.69) is 28.1 Å². The second-order valence-corrected chi connectivity index (χ2v) is 7.23. The number of nitrogens with zero attached hydrogens (tertiary/aromatic N) is 1. The van der Waals surface area contributed by atoms with E-state index in [4.69, 9.17) is 5.73 Å². The smallest absolute Gasteiger partial charge is 0.0425 e. The molecule has 1 aromatic heterocycles. The lowest BCUT2D eigenvalue weighted by Crippen LogP contribution is -2.58. The summed E-state index contributed by atoms with van der Waals surface area (Å²) in [5.74, 6) is 2.54. The van der Waals surface area contributed by atoms with Crippen molar-refractivity contribution in [2.24, 2.45) is 5.73 Å². The highest BCUT2D eigenvalue weighted by Gasteiger charge is 2.38. The Kier molecular flexibility index (Phi) is 3.48. The van der Waals surface area contributed by atoms with Crippen molar-refractivity contribution in [3.8, 4) is 0 Å². The average Bonchev–Trinajstić information content (AvgIpc) is 2.86. The first-order chi connectivity index (χ1) is 8.34. The van der Waals surface area contributed by atoms with E-state index in [1.807, 2.05) is 11.3 Å². The molecule has 1 saturated heterocycles. The van der Waals surface area contributed by atoms with Gasteiger partial charge in [-0.1, -0.05) is 0 Å². The van der Waals surface area contributed by atoms with Crippen LogP contribution in [0.5, 0.6) is 0 Å². The number of thioether (sulfide) groups is 1. The van der Waals surface area contributed by atoms with Gasteiger partial charge in [-0.3, -0.25) is 4.90 Å². The first kappa shape index (κ1) is 12.0. The van der Waals surface area contributed by atoms with E-state index in [-0.39, 0.29) is 5.54 Å². The van der Waals surface area contributed by atoms with Gasteiger partial charge in [-0.05, 0) is 42.0 Å². The van der Waals surface area contributed by atoms with Gasteiger partial charge in [0.25, 0.3) is 0 Å². The highest BCUT2D eigenvalue weighted by molar-refractivity contribution is 7.99. The Morgan fingerprint density at radius 2 is 2.41 bits per heavy atom. The van der Waals surface area contributed by atoms with E-state index in [0.717, 1.165) is 13.1 Å². The van der Waals surface area contributed by atoms with Crippen molar-refractivity contribution in [3.05, 3.63) is 21.9 Å². The van der Waals surface area contributed by atoms with Crippen molar-refractivity contribution in [3.63, 3.8) is 0 Å². The minimum atomic E-state index is 0.280. The lowest BCUT2D eigenvalue weighted by molar-refractivity contribution is 0.0887. The van der Waals surface area contributed by atoms with Gasteiger partial charge in [0.1, 0.15) is 0 Å². The Morgan fingerprint density at radius 1 is 1.47 bits per heavy atom.